The summed E-state index contributed by atoms with van der Waals surface area (Å²) in [6, 6.07) is 0.340. The van der Waals surface area contributed by atoms with Crippen molar-refractivity contribution in [3.05, 3.63) is 21.4 Å². The van der Waals surface area contributed by atoms with Gasteiger partial charge in [0.15, 0.2) is 0 Å². The van der Waals surface area contributed by atoms with Crippen molar-refractivity contribution >= 4 is 22.0 Å². The number of aromatic nitrogens is 2. The molecule has 1 atom stereocenters. The van der Waals surface area contributed by atoms with Crippen molar-refractivity contribution < 1.29 is 0 Å². The topological polar surface area (TPSA) is 43.8 Å². The maximum atomic E-state index is 6.01. The van der Waals surface area contributed by atoms with Gasteiger partial charge in [0, 0.05) is 13.1 Å². The standard InChI is InChI=1S/C13H20BrN3/c1-3-11-13(14)12(17(2)16-11)8-9-5-4-6-10(15)7-9/h8,10H,3-7,15H2,1-2H3. The minimum absolute atomic E-state index is 0.340. The summed E-state index contributed by atoms with van der Waals surface area (Å²) in [7, 11) is 2.00. The van der Waals surface area contributed by atoms with Crippen LogP contribution in [0.5, 0.6) is 0 Å². The second-order valence-corrected chi connectivity index (χ2v) is 5.58. The van der Waals surface area contributed by atoms with Gasteiger partial charge in [-0.1, -0.05) is 12.5 Å². The summed E-state index contributed by atoms with van der Waals surface area (Å²) >= 11 is 3.65. The molecule has 0 bridgehead atoms. The largest absolute Gasteiger partial charge is 0.327 e. The van der Waals surface area contributed by atoms with E-state index in [1.165, 1.54) is 24.1 Å². The molecule has 17 heavy (non-hydrogen) atoms. The Morgan fingerprint density at radius 1 is 1.59 bits per heavy atom. The van der Waals surface area contributed by atoms with Gasteiger partial charge in [-0.3, -0.25) is 4.68 Å². The summed E-state index contributed by atoms with van der Waals surface area (Å²) in [5, 5.41) is 4.51. The molecule has 1 aromatic rings. The molecule has 3 nitrogen and oxygen atoms in total. The van der Waals surface area contributed by atoms with Crippen LogP contribution in [0.3, 0.4) is 0 Å². The van der Waals surface area contributed by atoms with Gasteiger partial charge in [-0.2, -0.15) is 5.10 Å². The van der Waals surface area contributed by atoms with Crippen molar-refractivity contribution in [2.24, 2.45) is 12.8 Å². The highest BCUT2D eigenvalue weighted by Crippen LogP contribution is 2.28. The normalized spacial score (nSPS) is 23.3. The molecule has 1 fully saturated rings. The molecule has 1 unspecified atom stereocenters. The Morgan fingerprint density at radius 3 is 2.94 bits per heavy atom. The Kier molecular flexibility index (Phi) is 4.05. The molecule has 1 saturated carbocycles. The minimum Gasteiger partial charge on any atom is -0.327 e. The predicted molar refractivity (Wildman–Crippen MR) is 74.7 cm³/mol. The maximum Gasteiger partial charge on any atom is 0.0770 e. The Balaban J connectivity index is 2.28. The maximum absolute atomic E-state index is 6.01. The third-order valence-corrected chi connectivity index (χ3v) is 4.23. The van der Waals surface area contributed by atoms with Crippen LogP contribution in [0.2, 0.25) is 0 Å². The van der Waals surface area contributed by atoms with Gasteiger partial charge in [0.25, 0.3) is 0 Å². The van der Waals surface area contributed by atoms with Crippen LogP contribution in [0.4, 0.5) is 0 Å². The lowest BCUT2D eigenvalue weighted by Gasteiger charge is -2.20. The van der Waals surface area contributed by atoms with Crippen LogP contribution in [0.1, 0.15) is 44.0 Å². The number of aryl methyl sites for hydroxylation is 2. The van der Waals surface area contributed by atoms with Gasteiger partial charge in [-0.25, -0.2) is 0 Å². The molecule has 1 aliphatic carbocycles. The lowest BCUT2D eigenvalue weighted by molar-refractivity contribution is 0.520. The second kappa shape index (κ2) is 5.36. The van der Waals surface area contributed by atoms with E-state index >= 15 is 0 Å². The van der Waals surface area contributed by atoms with E-state index < -0.39 is 0 Å². The van der Waals surface area contributed by atoms with Gasteiger partial charge in [0.1, 0.15) is 0 Å². The summed E-state index contributed by atoms with van der Waals surface area (Å²) < 4.78 is 3.09. The van der Waals surface area contributed by atoms with Crippen LogP contribution in [-0.4, -0.2) is 15.8 Å². The van der Waals surface area contributed by atoms with Crippen LogP contribution >= 0.6 is 15.9 Å². The second-order valence-electron chi connectivity index (χ2n) is 4.78. The Bertz CT molecular complexity index is 434. The SMILES string of the molecule is CCc1nn(C)c(C=C2CCCC(N)C2)c1Br. The van der Waals surface area contributed by atoms with Gasteiger partial charge in [-0.05, 0) is 54.1 Å². The smallest absolute Gasteiger partial charge is 0.0770 e. The number of rotatable bonds is 2. The fourth-order valence-corrected chi connectivity index (χ4v) is 3.14. The third-order valence-electron chi connectivity index (χ3n) is 3.37. The average Bonchev–Trinajstić information content (AvgIpc) is 2.56. The summed E-state index contributed by atoms with van der Waals surface area (Å²) in [5.41, 5.74) is 9.76. The number of nitrogens with two attached hydrogens (primary N) is 1. The summed E-state index contributed by atoms with van der Waals surface area (Å²) in [5.74, 6) is 0. The van der Waals surface area contributed by atoms with Gasteiger partial charge >= 0.3 is 0 Å². The van der Waals surface area contributed by atoms with Crippen molar-refractivity contribution in [3.8, 4) is 0 Å². The zero-order chi connectivity index (χ0) is 12.4. The predicted octanol–water partition coefficient (Wildman–Crippen LogP) is 3.03. The molecule has 1 heterocycles. The van der Waals surface area contributed by atoms with Crippen molar-refractivity contribution in [2.75, 3.05) is 0 Å². The van der Waals surface area contributed by atoms with Gasteiger partial charge in [0.2, 0.25) is 0 Å². The number of hydrogen-bond acceptors (Lipinski definition) is 2. The lowest BCUT2D eigenvalue weighted by Crippen LogP contribution is -2.23. The zero-order valence-corrected chi connectivity index (χ0v) is 12.1. The van der Waals surface area contributed by atoms with Gasteiger partial charge < -0.3 is 5.73 Å². The molecular weight excluding hydrogens is 278 g/mol. The van der Waals surface area contributed by atoms with Crippen LogP contribution < -0.4 is 5.73 Å². The average molecular weight is 298 g/mol. The van der Waals surface area contributed by atoms with Crippen LogP contribution in [0, 0.1) is 0 Å². The molecule has 1 aliphatic rings. The molecule has 2 N–H and O–H groups in total. The van der Waals surface area contributed by atoms with Gasteiger partial charge in [-0.15, -0.1) is 0 Å². The van der Waals surface area contributed by atoms with E-state index in [9.17, 15) is 0 Å². The highest BCUT2D eigenvalue weighted by atomic mass is 79.9. The first kappa shape index (κ1) is 12.8. The van der Waals surface area contributed by atoms with E-state index in [-0.39, 0.29) is 0 Å². The minimum atomic E-state index is 0.340. The highest BCUT2D eigenvalue weighted by Gasteiger charge is 2.16. The van der Waals surface area contributed by atoms with E-state index in [1.807, 2.05) is 11.7 Å². The number of hydrogen-bond donors (Lipinski definition) is 1. The zero-order valence-electron chi connectivity index (χ0n) is 10.5. The molecule has 94 valence electrons. The van der Waals surface area contributed by atoms with E-state index in [0.29, 0.717) is 6.04 Å². The number of nitrogens with zero attached hydrogens (tertiary/aromatic N) is 2. The van der Waals surface area contributed by atoms with E-state index in [0.717, 1.165) is 29.4 Å². The lowest BCUT2D eigenvalue weighted by atomic mass is 9.90. The Morgan fingerprint density at radius 2 is 2.35 bits per heavy atom. The first-order valence-electron chi connectivity index (χ1n) is 6.28. The third kappa shape index (κ3) is 2.80. The molecule has 0 aromatic carbocycles. The summed E-state index contributed by atoms with van der Waals surface area (Å²) in [6.45, 7) is 2.13. The van der Waals surface area contributed by atoms with Crippen molar-refractivity contribution in [2.45, 2.75) is 45.1 Å². The first-order valence-corrected chi connectivity index (χ1v) is 7.07. The summed E-state index contributed by atoms with van der Waals surface area (Å²) in [6.07, 6.45) is 7.78. The number of halogens is 1. The molecule has 1 aromatic heterocycles. The molecule has 0 radical (unpaired) electrons. The van der Waals surface area contributed by atoms with E-state index in [1.54, 1.807) is 0 Å². The van der Waals surface area contributed by atoms with Gasteiger partial charge in [0.05, 0.1) is 15.9 Å². The van der Waals surface area contributed by atoms with Crippen molar-refractivity contribution in [1.82, 2.24) is 9.78 Å². The molecule has 0 amide bonds. The van der Waals surface area contributed by atoms with Crippen LogP contribution in [0.15, 0.2) is 10.0 Å². The quantitative estimate of drug-likeness (QED) is 0.912. The summed E-state index contributed by atoms with van der Waals surface area (Å²) in [4.78, 5) is 0. The molecule has 4 heteroatoms. The van der Waals surface area contributed by atoms with Crippen LogP contribution in [0.25, 0.3) is 6.08 Å². The Hall–Kier alpha value is -0.610. The fourth-order valence-electron chi connectivity index (χ4n) is 2.41. The monoisotopic (exact) mass is 297 g/mol. The molecule has 0 aliphatic heterocycles. The molecular formula is C13H20BrN3. The van der Waals surface area contributed by atoms with Crippen molar-refractivity contribution in [1.29, 1.82) is 0 Å². The molecule has 0 spiro atoms. The Labute approximate surface area is 111 Å². The van der Waals surface area contributed by atoms with E-state index in [2.05, 4.69) is 34.0 Å². The van der Waals surface area contributed by atoms with Crippen LogP contribution in [-0.2, 0) is 13.5 Å². The molecule has 0 saturated heterocycles. The molecule has 2 rings (SSSR count). The van der Waals surface area contributed by atoms with Crippen molar-refractivity contribution in [3.63, 3.8) is 0 Å². The first-order chi connectivity index (χ1) is 8.11. The van der Waals surface area contributed by atoms with E-state index in [4.69, 9.17) is 5.73 Å². The highest BCUT2D eigenvalue weighted by molar-refractivity contribution is 9.10. The fraction of sp³-hybridized carbons (Fsp3) is 0.615.